The molecule has 0 bridgehead atoms. The van der Waals surface area contributed by atoms with Gasteiger partial charge in [-0.15, -0.1) is 24.0 Å². The van der Waals surface area contributed by atoms with Crippen LogP contribution in [0.1, 0.15) is 31.4 Å². The molecule has 0 unspecified atom stereocenters. The third-order valence-corrected chi connectivity index (χ3v) is 3.77. The molecule has 0 saturated heterocycles. The second kappa shape index (κ2) is 7.63. The van der Waals surface area contributed by atoms with Crippen LogP contribution < -0.4 is 11.1 Å². The highest BCUT2D eigenvalue weighted by molar-refractivity contribution is 14.0. The minimum atomic E-state index is 0. The average molecular weight is 399 g/mol. The van der Waals surface area contributed by atoms with E-state index in [4.69, 9.17) is 5.73 Å². The summed E-state index contributed by atoms with van der Waals surface area (Å²) in [4.78, 5) is 8.93. The zero-order chi connectivity index (χ0) is 13.8. The average Bonchev–Trinajstić information content (AvgIpc) is 3.07. The van der Waals surface area contributed by atoms with Crippen molar-refractivity contribution in [2.24, 2.45) is 10.7 Å². The molecule has 3 rings (SSSR count). The summed E-state index contributed by atoms with van der Waals surface area (Å²) in [6.07, 6.45) is 9.88. The van der Waals surface area contributed by atoms with Crippen LogP contribution >= 0.6 is 24.0 Å². The Morgan fingerprint density at radius 2 is 2.19 bits per heavy atom. The molecule has 21 heavy (non-hydrogen) atoms. The predicted molar refractivity (Wildman–Crippen MR) is 96.2 cm³/mol. The molecule has 3 N–H and O–H groups in total. The fourth-order valence-electron chi connectivity index (χ4n) is 2.72. The van der Waals surface area contributed by atoms with Gasteiger partial charge in [0.2, 0.25) is 0 Å². The summed E-state index contributed by atoms with van der Waals surface area (Å²) in [5.74, 6) is 0.570. The summed E-state index contributed by atoms with van der Waals surface area (Å²) in [7, 11) is 0. The molecule has 2 heterocycles. The van der Waals surface area contributed by atoms with Gasteiger partial charge < -0.3 is 15.5 Å². The van der Waals surface area contributed by atoms with Gasteiger partial charge in [-0.25, -0.2) is 4.98 Å². The molecule has 1 saturated carbocycles. The van der Waals surface area contributed by atoms with Gasteiger partial charge in [0.25, 0.3) is 0 Å². The van der Waals surface area contributed by atoms with Crippen LogP contribution in [0.4, 0.5) is 0 Å². The lowest BCUT2D eigenvalue weighted by Gasteiger charge is -2.11. The van der Waals surface area contributed by atoms with Crippen LogP contribution in [0.3, 0.4) is 0 Å². The summed E-state index contributed by atoms with van der Waals surface area (Å²) in [6.45, 7) is 0.676. The highest BCUT2D eigenvalue weighted by atomic mass is 127. The maximum atomic E-state index is 5.91. The molecule has 1 aliphatic rings. The predicted octanol–water partition coefficient (Wildman–Crippen LogP) is 2.34. The molecule has 1 fully saturated rings. The van der Waals surface area contributed by atoms with Crippen molar-refractivity contribution in [2.45, 2.75) is 38.1 Å². The number of aliphatic imine (C=N–C) groups is 1. The highest BCUT2D eigenvalue weighted by Crippen LogP contribution is 2.17. The van der Waals surface area contributed by atoms with Crippen LogP contribution in [0.5, 0.6) is 0 Å². The van der Waals surface area contributed by atoms with Crippen LogP contribution in [0, 0.1) is 0 Å². The van der Waals surface area contributed by atoms with E-state index in [9.17, 15) is 0 Å². The third-order valence-electron chi connectivity index (χ3n) is 3.77. The Kier molecular flexibility index (Phi) is 5.84. The van der Waals surface area contributed by atoms with E-state index < -0.39 is 0 Å². The number of fused-ring (bicyclic) bond motifs is 1. The van der Waals surface area contributed by atoms with Crippen LogP contribution in [-0.2, 0) is 6.42 Å². The number of guanidine groups is 1. The molecule has 5 nitrogen and oxygen atoms in total. The minimum Gasteiger partial charge on any atom is -0.370 e. The van der Waals surface area contributed by atoms with Crippen molar-refractivity contribution in [3.8, 4) is 0 Å². The minimum absolute atomic E-state index is 0. The molecule has 0 spiro atoms. The normalized spacial score (nSPS) is 16.1. The lowest BCUT2D eigenvalue weighted by molar-refractivity contribution is 0.625. The maximum Gasteiger partial charge on any atom is 0.188 e. The first-order chi connectivity index (χ1) is 9.81. The SMILES string of the molecule is I.NC(=NCCc1cn2ccccc2n1)NC1CCCC1. The van der Waals surface area contributed by atoms with Crippen molar-refractivity contribution in [1.82, 2.24) is 14.7 Å². The number of imidazole rings is 1. The molecule has 6 heteroatoms. The molecular formula is C15H22IN5. The number of nitrogens with zero attached hydrogens (tertiary/aromatic N) is 3. The molecule has 0 atom stereocenters. The molecule has 114 valence electrons. The van der Waals surface area contributed by atoms with Crippen molar-refractivity contribution < 1.29 is 0 Å². The number of aromatic nitrogens is 2. The lowest BCUT2D eigenvalue weighted by atomic mass is 10.2. The number of hydrogen-bond donors (Lipinski definition) is 2. The van der Waals surface area contributed by atoms with Gasteiger partial charge in [-0.2, -0.15) is 0 Å². The topological polar surface area (TPSA) is 67.7 Å². The second-order valence-electron chi connectivity index (χ2n) is 5.34. The van der Waals surface area contributed by atoms with Gasteiger partial charge in [0.15, 0.2) is 5.96 Å². The molecule has 1 aliphatic carbocycles. The Morgan fingerprint density at radius 3 is 2.95 bits per heavy atom. The molecule has 0 radical (unpaired) electrons. The van der Waals surface area contributed by atoms with Crippen molar-refractivity contribution >= 4 is 35.6 Å². The number of pyridine rings is 1. The number of nitrogens with two attached hydrogens (primary N) is 1. The molecule has 0 aliphatic heterocycles. The van der Waals surface area contributed by atoms with Gasteiger partial charge in [-0.05, 0) is 25.0 Å². The van der Waals surface area contributed by atoms with Gasteiger partial charge in [-0.3, -0.25) is 4.99 Å². The monoisotopic (exact) mass is 399 g/mol. The zero-order valence-corrected chi connectivity index (χ0v) is 14.4. The lowest BCUT2D eigenvalue weighted by Crippen LogP contribution is -2.38. The van der Waals surface area contributed by atoms with E-state index >= 15 is 0 Å². The van der Waals surface area contributed by atoms with Gasteiger partial charge in [-0.1, -0.05) is 18.9 Å². The van der Waals surface area contributed by atoms with E-state index in [1.165, 1.54) is 25.7 Å². The second-order valence-corrected chi connectivity index (χ2v) is 5.34. The fourth-order valence-corrected chi connectivity index (χ4v) is 2.72. The Balaban J connectivity index is 0.00000161. The number of rotatable bonds is 4. The summed E-state index contributed by atoms with van der Waals surface area (Å²) in [5, 5.41) is 3.29. The van der Waals surface area contributed by atoms with Gasteiger partial charge in [0.05, 0.1) is 5.69 Å². The largest absolute Gasteiger partial charge is 0.370 e. The Morgan fingerprint density at radius 1 is 1.38 bits per heavy atom. The van der Waals surface area contributed by atoms with Crippen LogP contribution in [0.2, 0.25) is 0 Å². The van der Waals surface area contributed by atoms with Crippen molar-refractivity contribution in [3.05, 3.63) is 36.3 Å². The van der Waals surface area contributed by atoms with E-state index in [0.717, 1.165) is 17.8 Å². The van der Waals surface area contributed by atoms with Gasteiger partial charge >= 0.3 is 0 Å². The van der Waals surface area contributed by atoms with Gasteiger partial charge in [0.1, 0.15) is 5.65 Å². The quantitative estimate of drug-likeness (QED) is 0.471. The Hall–Kier alpha value is -1.31. The van der Waals surface area contributed by atoms with E-state index in [1.54, 1.807) is 0 Å². The Bertz CT molecular complexity index is 568. The van der Waals surface area contributed by atoms with Crippen LogP contribution in [0.25, 0.3) is 5.65 Å². The number of halogens is 1. The van der Waals surface area contributed by atoms with E-state index in [1.807, 2.05) is 35.0 Å². The first-order valence-corrected chi connectivity index (χ1v) is 7.30. The van der Waals surface area contributed by atoms with Crippen molar-refractivity contribution in [2.75, 3.05) is 6.54 Å². The molecule has 2 aromatic heterocycles. The molecule has 0 aromatic carbocycles. The first kappa shape index (κ1) is 16.1. The summed E-state index contributed by atoms with van der Waals surface area (Å²) < 4.78 is 2.03. The zero-order valence-electron chi connectivity index (χ0n) is 12.0. The van der Waals surface area contributed by atoms with E-state index in [2.05, 4.69) is 15.3 Å². The van der Waals surface area contributed by atoms with E-state index in [0.29, 0.717) is 18.5 Å². The first-order valence-electron chi connectivity index (χ1n) is 7.30. The highest BCUT2D eigenvalue weighted by Gasteiger charge is 2.14. The summed E-state index contributed by atoms with van der Waals surface area (Å²) >= 11 is 0. The molecular weight excluding hydrogens is 377 g/mol. The third kappa shape index (κ3) is 4.33. The summed E-state index contributed by atoms with van der Waals surface area (Å²) in [5.41, 5.74) is 7.93. The van der Waals surface area contributed by atoms with Crippen LogP contribution in [-0.4, -0.2) is 27.9 Å². The summed E-state index contributed by atoms with van der Waals surface area (Å²) in [6, 6.07) is 6.52. The van der Waals surface area contributed by atoms with Gasteiger partial charge in [0, 0.05) is 31.4 Å². The number of hydrogen-bond acceptors (Lipinski definition) is 2. The number of nitrogens with one attached hydrogen (secondary N) is 1. The molecule has 0 amide bonds. The smallest absolute Gasteiger partial charge is 0.188 e. The van der Waals surface area contributed by atoms with Crippen molar-refractivity contribution in [3.63, 3.8) is 0 Å². The Labute approximate surface area is 142 Å². The molecule has 2 aromatic rings. The maximum absolute atomic E-state index is 5.91. The fraction of sp³-hybridized carbons (Fsp3) is 0.467. The van der Waals surface area contributed by atoms with E-state index in [-0.39, 0.29) is 24.0 Å². The van der Waals surface area contributed by atoms with Crippen molar-refractivity contribution in [1.29, 1.82) is 0 Å². The van der Waals surface area contributed by atoms with Crippen LogP contribution in [0.15, 0.2) is 35.6 Å². The standard InChI is InChI=1S/C15H21N5.HI/c16-15(19-12-5-1-2-6-12)17-9-8-13-11-20-10-4-3-7-14(20)18-13;/h3-4,7,10-12H,1-2,5-6,8-9H2,(H3,16,17,19);1H.